The van der Waals surface area contributed by atoms with Crippen molar-refractivity contribution in [1.29, 1.82) is 0 Å². The molecule has 5 heteroatoms. The zero-order valence-electron chi connectivity index (χ0n) is 17.7. The molecule has 0 fully saturated rings. The topological polar surface area (TPSA) is 71.5 Å². The molecule has 0 bridgehead atoms. The van der Waals surface area contributed by atoms with Gasteiger partial charge in [-0.3, -0.25) is 4.79 Å². The maximum atomic E-state index is 11.4. The van der Waals surface area contributed by atoms with Gasteiger partial charge in [-0.25, -0.2) is 4.98 Å². The van der Waals surface area contributed by atoms with Crippen LogP contribution in [-0.2, 0) is 24.1 Å². The van der Waals surface area contributed by atoms with Crippen molar-refractivity contribution in [1.82, 2.24) is 4.98 Å². The summed E-state index contributed by atoms with van der Waals surface area (Å²) in [7, 11) is 0. The molecule has 0 unspecified atom stereocenters. The van der Waals surface area contributed by atoms with Crippen molar-refractivity contribution in [3.05, 3.63) is 52.7 Å². The number of aromatic nitrogens is 1. The van der Waals surface area contributed by atoms with E-state index in [-0.39, 0.29) is 12.3 Å². The minimum Gasteiger partial charge on any atom is -0.493 e. The summed E-state index contributed by atoms with van der Waals surface area (Å²) in [5.74, 6) is 1.35. The van der Waals surface area contributed by atoms with E-state index in [4.69, 9.17) is 9.72 Å². The fourth-order valence-electron chi connectivity index (χ4n) is 4.59. The summed E-state index contributed by atoms with van der Waals surface area (Å²) in [6, 6.07) is 10.7. The van der Waals surface area contributed by atoms with E-state index in [1.807, 2.05) is 0 Å². The van der Waals surface area contributed by atoms with Crippen LogP contribution in [0.25, 0.3) is 0 Å². The first kappa shape index (κ1) is 20.7. The van der Waals surface area contributed by atoms with E-state index in [1.54, 1.807) is 0 Å². The fourth-order valence-corrected chi connectivity index (χ4v) is 4.59. The first-order valence-corrected chi connectivity index (χ1v) is 11.4. The third-order valence-corrected chi connectivity index (χ3v) is 6.30. The molecule has 5 nitrogen and oxygen atoms in total. The molecule has 30 heavy (non-hydrogen) atoms. The summed E-state index contributed by atoms with van der Waals surface area (Å²) in [5, 5.41) is 12.8. The summed E-state index contributed by atoms with van der Waals surface area (Å²) in [4.78, 5) is 16.1. The summed E-state index contributed by atoms with van der Waals surface area (Å²) >= 11 is 0. The lowest BCUT2D eigenvalue weighted by atomic mass is 9.89. The van der Waals surface area contributed by atoms with Gasteiger partial charge in [0.05, 0.1) is 13.0 Å². The van der Waals surface area contributed by atoms with Gasteiger partial charge in [0.2, 0.25) is 0 Å². The van der Waals surface area contributed by atoms with Crippen LogP contribution < -0.4 is 10.1 Å². The predicted octanol–water partition coefficient (Wildman–Crippen LogP) is 5.13. The van der Waals surface area contributed by atoms with Gasteiger partial charge >= 0.3 is 5.97 Å². The fraction of sp³-hybridized carbons (Fsp3) is 0.520. The first-order chi connectivity index (χ1) is 14.7. The Morgan fingerprint density at radius 1 is 1.10 bits per heavy atom. The maximum Gasteiger partial charge on any atom is 0.303 e. The van der Waals surface area contributed by atoms with Crippen molar-refractivity contribution in [3.8, 4) is 5.75 Å². The number of hydrogen-bond donors (Lipinski definition) is 2. The van der Waals surface area contributed by atoms with Crippen LogP contribution in [0.4, 0.5) is 5.82 Å². The molecule has 2 aliphatic heterocycles. The number of benzene rings is 1. The van der Waals surface area contributed by atoms with E-state index < -0.39 is 5.97 Å². The van der Waals surface area contributed by atoms with Crippen LogP contribution in [-0.4, -0.2) is 29.2 Å². The third-order valence-electron chi connectivity index (χ3n) is 6.30. The van der Waals surface area contributed by atoms with Gasteiger partial charge in [-0.05, 0) is 66.8 Å². The number of unbranched alkanes of at least 4 members (excludes halogenated alkanes) is 3. The van der Waals surface area contributed by atoms with E-state index in [1.165, 1.54) is 23.2 Å². The van der Waals surface area contributed by atoms with Crippen molar-refractivity contribution < 1.29 is 14.6 Å². The number of fused-ring (bicyclic) bond motifs is 2. The van der Waals surface area contributed by atoms with Crippen LogP contribution in [0.5, 0.6) is 5.75 Å². The lowest BCUT2D eigenvalue weighted by Gasteiger charge is -2.17. The molecule has 1 aromatic carbocycles. The van der Waals surface area contributed by atoms with E-state index in [9.17, 15) is 9.90 Å². The number of hydrogen-bond acceptors (Lipinski definition) is 4. The number of pyridine rings is 1. The normalized spacial score (nSPS) is 15.6. The number of nitrogens with one attached hydrogen (secondary N) is 1. The average molecular weight is 409 g/mol. The maximum absolute atomic E-state index is 11.4. The van der Waals surface area contributed by atoms with Crippen LogP contribution >= 0.6 is 0 Å². The van der Waals surface area contributed by atoms with Gasteiger partial charge < -0.3 is 15.2 Å². The van der Waals surface area contributed by atoms with Crippen LogP contribution in [0.15, 0.2) is 30.3 Å². The van der Waals surface area contributed by atoms with Crippen LogP contribution in [0.2, 0.25) is 0 Å². The van der Waals surface area contributed by atoms with E-state index in [0.29, 0.717) is 0 Å². The van der Waals surface area contributed by atoms with Crippen molar-refractivity contribution >= 4 is 11.8 Å². The van der Waals surface area contributed by atoms with Gasteiger partial charge in [0.15, 0.2) is 0 Å². The highest BCUT2D eigenvalue weighted by Crippen LogP contribution is 2.33. The number of anilines is 1. The Morgan fingerprint density at radius 2 is 1.97 bits per heavy atom. The Bertz CT molecular complexity index is 881. The molecule has 4 rings (SSSR count). The standard InChI is InChI=1S/C25H32N2O3/c28-24(29)17-20(21-10-9-18-13-15-30-23(18)16-21)6-3-1-2-4-8-22-12-11-19-7-5-14-26-25(19)27-22/h9-12,16,20H,1-8,13-15,17H2,(H,26,27)(H,28,29)/t20-/m1/s1. The van der Waals surface area contributed by atoms with Crippen molar-refractivity contribution in [2.75, 3.05) is 18.5 Å². The zero-order valence-corrected chi connectivity index (χ0v) is 17.7. The van der Waals surface area contributed by atoms with Gasteiger partial charge in [0.25, 0.3) is 0 Å². The molecule has 0 amide bonds. The largest absolute Gasteiger partial charge is 0.493 e. The molecule has 1 aromatic heterocycles. The molecular weight excluding hydrogens is 376 g/mol. The third kappa shape index (κ3) is 5.32. The van der Waals surface area contributed by atoms with E-state index in [2.05, 4.69) is 35.6 Å². The van der Waals surface area contributed by atoms with Crippen LogP contribution in [0, 0.1) is 0 Å². The summed E-state index contributed by atoms with van der Waals surface area (Å²) in [6.45, 7) is 1.76. The highest BCUT2D eigenvalue weighted by Gasteiger charge is 2.19. The zero-order chi connectivity index (χ0) is 20.8. The quantitative estimate of drug-likeness (QED) is 0.534. The lowest BCUT2D eigenvalue weighted by Crippen LogP contribution is -2.13. The van der Waals surface area contributed by atoms with Crippen molar-refractivity contribution in [3.63, 3.8) is 0 Å². The van der Waals surface area contributed by atoms with E-state index in [0.717, 1.165) is 81.6 Å². The molecule has 1 atom stereocenters. The molecule has 160 valence electrons. The Morgan fingerprint density at radius 3 is 2.87 bits per heavy atom. The number of carbonyl (C=O) groups is 1. The Kier molecular flexibility index (Phi) is 6.88. The monoisotopic (exact) mass is 408 g/mol. The van der Waals surface area contributed by atoms with Gasteiger partial charge in [-0.2, -0.15) is 0 Å². The van der Waals surface area contributed by atoms with Crippen molar-refractivity contribution in [2.24, 2.45) is 0 Å². The molecule has 0 spiro atoms. The number of carboxylic acids is 1. The molecule has 2 aliphatic rings. The predicted molar refractivity (Wildman–Crippen MR) is 118 cm³/mol. The summed E-state index contributed by atoms with van der Waals surface area (Å²) in [5.41, 5.74) is 4.85. The van der Waals surface area contributed by atoms with Gasteiger partial charge in [-0.1, -0.05) is 37.5 Å². The second-order valence-corrected chi connectivity index (χ2v) is 8.55. The Hall–Kier alpha value is -2.56. The lowest BCUT2D eigenvalue weighted by molar-refractivity contribution is -0.137. The molecule has 3 heterocycles. The smallest absolute Gasteiger partial charge is 0.303 e. The molecule has 0 aliphatic carbocycles. The average Bonchev–Trinajstić information content (AvgIpc) is 3.23. The van der Waals surface area contributed by atoms with Crippen LogP contribution in [0.1, 0.15) is 73.2 Å². The molecular formula is C25H32N2O3. The van der Waals surface area contributed by atoms with Crippen LogP contribution in [0.3, 0.4) is 0 Å². The molecule has 0 saturated carbocycles. The minimum atomic E-state index is -0.728. The Balaban J connectivity index is 1.22. The van der Waals surface area contributed by atoms with Crippen molar-refractivity contribution in [2.45, 2.75) is 70.1 Å². The highest BCUT2D eigenvalue weighted by molar-refractivity contribution is 5.68. The number of aliphatic carboxylic acids is 1. The second-order valence-electron chi connectivity index (χ2n) is 8.55. The SMILES string of the molecule is O=C(O)C[C@@H](CCCCCCc1ccc2c(n1)NCCC2)c1ccc2c(c1)OCC2. The summed E-state index contributed by atoms with van der Waals surface area (Å²) < 4.78 is 5.67. The highest BCUT2D eigenvalue weighted by atomic mass is 16.5. The number of rotatable bonds is 10. The molecule has 0 radical (unpaired) electrons. The number of ether oxygens (including phenoxy) is 1. The molecule has 2 aromatic rings. The van der Waals surface area contributed by atoms with Gasteiger partial charge in [-0.15, -0.1) is 0 Å². The van der Waals surface area contributed by atoms with Gasteiger partial charge in [0.1, 0.15) is 11.6 Å². The second kappa shape index (κ2) is 9.96. The number of nitrogens with zero attached hydrogens (tertiary/aromatic N) is 1. The molecule has 2 N–H and O–H groups in total. The molecule has 0 saturated heterocycles. The first-order valence-electron chi connectivity index (χ1n) is 11.4. The van der Waals surface area contributed by atoms with Gasteiger partial charge in [0, 0.05) is 18.7 Å². The van der Waals surface area contributed by atoms with E-state index >= 15 is 0 Å². The minimum absolute atomic E-state index is 0.0605. The number of aryl methyl sites for hydroxylation is 2. The number of carboxylic acid groups (broad SMARTS) is 1. The Labute approximate surface area is 178 Å². The summed E-state index contributed by atoms with van der Waals surface area (Å²) in [6.07, 6.45) is 9.83.